The number of hydrogen-bond acceptors (Lipinski definition) is 2. The van der Waals surface area contributed by atoms with Gasteiger partial charge in [0, 0.05) is 23.3 Å². The van der Waals surface area contributed by atoms with Gasteiger partial charge in [-0.25, -0.2) is 0 Å². The molecule has 0 spiro atoms. The Morgan fingerprint density at radius 3 is 2.65 bits per heavy atom. The molecule has 2 heteroatoms. The van der Waals surface area contributed by atoms with E-state index in [9.17, 15) is 5.11 Å². The topological polar surface area (TPSA) is 23.5 Å². The maximum atomic E-state index is 10.1. The summed E-state index contributed by atoms with van der Waals surface area (Å²) in [5.74, 6) is 0. The molecule has 0 unspecified atom stereocenters. The van der Waals surface area contributed by atoms with Crippen molar-refractivity contribution in [3.63, 3.8) is 0 Å². The first-order valence-corrected chi connectivity index (χ1v) is 6.61. The van der Waals surface area contributed by atoms with Crippen LogP contribution in [-0.2, 0) is 0 Å². The molecule has 1 fully saturated rings. The molecule has 1 saturated heterocycles. The minimum atomic E-state index is -0.345. The Bertz CT molecular complexity index is 386. The first-order valence-electron chi connectivity index (χ1n) is 6.61. The summed E-state index contributed by atoms with van der Waals surface area (Å²) in [6, 6.07) is 8.27. The van der Waals surface area contributed by atoms with E-state index >= 15 is 0 Å². The van der Waals surface area contributed by atoms with Gasteiger partial charge in [0.05, 0.1) is 6.10 Å². The van der Waals surface area contributed by atoms with Crippen LogP contribution in [0.4, 0.5) is 5.69 Å². The highest BCUT2D eigenvalue weighted by molar-refractivity contribution is 5.57. The van der Waals surface area contributed by atoms with Gasteiger partial charge in [-0.3, -0.25) is 0 Å². The van der Waals surface area contributed by atoms with Gasteiger partial charge >= 0.3 is 0 Å². The average molecular weight is 233 g/mol. The second-order valence-electron chi connectivity index (χ2n) is 5.55. The Labute approximate surface area is 104 Å². The van der Waals surface area contributed by atoms with Crippen molar-refractivity contribution in [3.05, 3.63) is 29.8 Å². The molecule has 2 rings (SSSR count). The van der Waals surface area contributed by atoms with Crippen molar-refractivity contribution in [2.24, 2.45) is 0 Å². The van der Waals surface area contributed by atoms with Gasteiger partial charge in [0.15, 0.2) is 0 Å². The molecule has 2 nitrogen and oxygen atoms in total. The molecular formula is C15H23NO. The highest BCUT2D eigenvalue weighted by atomic mass is 16.3. The van der Waals surface area contributed by atoms with E-state index in [-0.39, 0.29) is 11.6 Å². The van der Waals surface area contributed by atoms with Crippen LogP contribution in [0.1, 0.15) is 51.7 Å². The van der Waals surface area contributed by atoms with Gasteiger partial charge in [-0.1, -0.05) is 25.1 Å². The smallest absolute Gasteiger partial charge is 0.0807 e. The van der Waals surface area contributed by atoms with Crippen LogP contribution < -0.4 is 4.90 Å². The van der Waals surface area contributed by atoms with Crippen LogP contribution in [0.3, 0.4) is 0 Å². The van der Waals surface area contributed by atoms with Gasteiger partial charge in [-0.2, -0.15) is 0 Å². The number of anilines is 1. The number of nitrogens with zero attached hydrogens (tertiary/aromatic N) is 1. The van der Waals surface area contributed by atoms with E-state index in [0.717, 1.165) is 18.5 Å². The van der Waals surface area contributed by atoms with Gasteiger partial charge in [0.2, 0.25) is 0 Å². The summed E-state index contributed by atoms with van der Waals surface area (Å²) in [7, 11) is 0. The number of para-hydroxylation sites is 1. The van der Waals surface area contributed by atoms with E-state index in [1.807, 2.05) is 13.0 Å². The van der Waals surface area contributed by atoms with Gasteiger partial charge in [0.25, 0.3) is 0 Å². The molecule has 1 heterocycles. The Balaban J connectivity index is 2.38. The van der Waals surface area contributed by atoms with E-state index in [1.54, 1.807) is 0 Å². The largest absolute Gasteiger partial charge is 0.388 e. The van der Waals surface area contributed by atoms with Crippen molar-refractivity contribution in [1.29, 1.82) is 0 Å². The highest BCUT2D eigenvalue weighted by Crippen LogP contribution is 2.37. The number of aliphatic hydroxyl groups is 1. The van der Waals surface area contributed by atoms with E-state index in [4.69, 9.17) is 0 Å². The third kappa shape index (κ3) is 2.32. The fraction of sp³-hybridized carbons (Fsp3) is 0.600. The summed E-state index contributed by atoms with van der Waals surface area (Å²) in [4.78, 5) is 2.45. The summed E-state index contributed by atoms with van der Waals surface area (Å²) < 4.78 is 0. The summed E-state index contributed by atoms with van der Waals surface area (Å²) in [5.41, 5.74) is 2.50. The summed E-state index contributed by atoms with van der Waals surface area (Å²) in [6.07, 6.45) is 2.89. The summed E-state index contributed by atoms with van der Waals surface area (Å²) in [5, 5.41) is 10.1. The second kappa shape index (κ2) is 4.69. The Morgan fingerprint density at radius 1 is 1.35 bits per heavy atom. The first kappa shape index (κ1) is 12.4. The van der Waals surface area contributed by atoms with Crippen LogP contribution in [0.5, 0.6) is 0 Å². The summed E-state index contributed by atoms with van der Waals surface area (Å²) >= 11 is 0. The SMILES string of the molecule is CC[C@@H](O)c1ccccc1N1CCCC1(C)C. The van der Waals surface area contributed by atoms with E-state index < -0.39 is 0 Å². The molecule has 0 amide bonds. The van der Waals surface area contributed by atoms with Crippen molar-refractivity contribution in [3.8, 4) is 0 Å². The molecule has 17 heavy (non-hydrogen) atoms. The lowest BCUT2D eigenvalue weighted by Gasteiger charge is -2.35. The molecule has 0 saturated carbocycles. The maximum absolute atomic E-state index is 10.1. The van der Waals surface area contributed by atoms with Crippen LogP contribution in [0, 0.1) is 0 Å². The van der Waals surface area contributed by atoms with Crippen molar-refractivity contribution in [2.75, 3.05) is 11.4 Å². The van der Waals surface area contributed by atoms with Crippen LogP contribution in [0.2, 0.25) is 0 Å². The standard InChI is InChI=1S/C15H23NO/c1-4-14(17)12-8-5-6-9-13(12)16-11-7-10-15(16,2)3/h5-6,8-9,14,17H,4,7,10-11H2,1-3H3/t14-/m1/s1. The zero-order chi connectivity index (χ0) is 12.5. The summed E-state index contributed by atoms with van der Waals surface area (Å²) in [6.45, 7) is 7.70. The minimum absolute atomic E-state index is 0.212. The van der Waals surface area contributed by atoms with Crippen LogP contribution >= 0.6 is 0 Å². The zero-order valence-electron chi connectivity index (χ0n) is 11.1. The Morgan fingerprint density at radius 2 is 2.06 bits per heavy atom. The number of rotatable bonds is 3. The van der Waals surface area contributed by atoms with Crippen molar-refractivity contribution >= 4 is 5.69 Å². The van der Waals surface area contributed by atoms with Gasteiger partial charge < -0.3 is 10.0 Å². The lowest BCUT2D eigenvalue weighted by molar-refractivity contribution is 0.174. The average Bonchev–Trinajstić information content (AvgIpc) is 2.68. The van der Waals surface area contributed by atoms with Gasteiger partial charge in [-0.05, 0) is 39.2 Å². The molecule has 1 aliphatic rings. The number of aliphatic hydroxyl groups excluding tert-OH is 1. The predicted octanol–water partition coefficient (Wildman–Crippen LogP) is 3.51. The van der Waals surface area contributed by atoms with Crippen LogP contribution in [0.15, 0.2) is 24.3 Å². The molecule has 1 N–H and O–H groups in total. The lowest BCUT2D eigenvalue weighted by atomic mass is 9.98. The quantitative estimate of drug-likeness (QED) is 0.863. The van der Waals surface area contributed by atoms with Crippen molar-refractivity contribution in [1.82, 2.24) is 0 Å². The van der Waals surface area contributed by atoms with E-state index in [0.29, 0.717) is 0 Å². The molecule has 94 valence electrons. The molecule has 1 aromatic carbocycles. The Hall–Kier alpha value is -1.02. The first-order chi connectivity index (χ1) is 8.06. The fourth-order valence-corrected chi connectivity index (χ4v) is 2.79. The third-order valence-electron chi connectivity index (χ3n) is 3.87. The molecule has 1 aliphatic heterocycles. The van der Waals surface area contributed by atoms with Crippen LogP contribution in [0.25, 0.3) is 0 Å². The molecule has 1 aromatic rings. The molecular weight excluding hydrogens is 210 g/mol. The van der Waals surface area contributed by atoms with Crippen molar-refractivity contribution in [2.45, 2.75) is 51.7 Å². The van der Waals surface area contributed by atoms with E-state index in [1.165, 1.54) is 18.5 Å². The number of benzene rings is 1. The molecule has 0 radical (unpaired) electrons. The minimum Gasteiger partial charge on any atom is -0.388 e. The molecule has 0 aromatic heterocycles. The van der Waals surface area contributed by atoms with Gasteiger partial charge in [0.1, 0.15) is 0 Å². The molecule has 0 aliphatic carbocycles. The predicted molar refractivity (Wildman–Crippen MR) is 72.4 cm³/mol. The lowest BCUT2D eigenvalue weighted by Crippen LogP contribution is -2.38. The van der Waals surface area contributed by atoms with Gasteiger partial charge in [-0.15, -0.1) is 0 Å². The third-order valence-corrected chi connectivity index (χ3v) is 3.87. The van der Waals surface area contributed by atoms with E-state index in [2.05, 4.69) is 36.9 Å². The maximum Gasteiger partial charge on any atom is 0.0807 e. The Kier molecular flexibility index (Phi) is 3.43. The number of hydrogen-bond donors (Lipinski definition) is 1. The molecule has 1 atom stereocenters. The monoisotopic (exact) mass is 233 g/mol. The zero-order valence-corrected chi connectivity index (χ0v) is 11.1. The second-order valence-corrected chi connectivity index (χ2v) is 5.55. The van der Waals surface area contributed by atoms with Crippen LogP contribution in [-0.4, -0.2) is 17.2 Å². The normalized spacial score (nSPS) is 20.6. The highest BCUT2D eigenvalue weighted by Gasteiger charge is 2.33. The fourth-order valence-electron chi connectivity index (χ4n) is 2.79. The van der Waals surface area contributed by atoms with Crippen molar-refractivity contribution < 1.29 is 5.11 Å². The molecule has 0 bridgehead atoms.